The molecule has 2 heterocycles. The van der Waals surface area contributed by atoms with E-state index in [1.807, 2.05) is 42.5 Å². The van der Waals surface area contributed by atoms with Gasteiger partial charge in [0.2, 0.25) is 0 Å². The minimum absolute atomic E-state index is 0.238. The summed E-state index contributed by atoms with van der Waals surface area (Å²) in [5, 5.41) is 1.79. The molecule has 0 radical (unpaired) electrons. The van der Waals surface area contributed by atoms with Crippen molar-refractivity contribution in [1.82, 2.24) is 4.98 Å². The molecule has 0 fully saturated rings. The van der Waals surface area contributed by atoms with Crippen molar-refractivity contribution in [3.8, 4) is 0 Å². The van der Waals surface area contributed by atoms with E-state index in [1.54, 1.807) is 13.2 Å². The standard InChI is InChI=1S/C24H24N2O4S2/c1-17-23(21(27)16-32(2,28)29)25-24(31-17)26(14-18-8-4-3-5-9-18)13-12-19-15-30-22-11-7-6-10-20(19)22/h3-11,15H,12-14,16H2,1-2H3. The third-order valence-electron chi connectivity index (χ3n) is 5.14. The first-order valence-electron chi connectivity index (χ1n) is 10.2. The maximum absolute atomic E-state index is 12.5. The highest BCUT2D eigenvalue weighted by Crippen LogP contribution is 2.29. The first-order valence-corrected chi connectivity index (χ1v) is 13.1. The van der Waals surface area contributed by atoms with Gasteiger partial charge in [-0.2, -0.15) is 0 Å². The number of aryl methyl sites for hydroxylation is 1. The highest BCUT2D eigenvalue weighted by atomic mass is 32.2. The number of para-hydroxylation sites is 1. The molecule has 0 unspecified atom stereocenters. The van der Waals surface area contributed by atoms with Crippen LogP contribution in [-0.2, 0) is 22.8 Å². The summed E-state index contributed by atoms with van der Waals surface area (Å²) in [6.45, 7) is 3.11. The SMILES string of the molecule is Cc1sc(N(CCc2coc3ccccc23)Cc2ccccc2)nc1C(=O)CS(C)(=O)=O. The minimum Gasteiger partial charge on any atom is -0.464 e. The van der Waals surface area contributed by atoms with Crippen molar-refractivity contribution in [1.29, 1.82) is 0 Å². The zero-order valence-electron chi connectivity index (χ0n) is 17.9. The molecule has 0 aliphatic heterocycles. The van der Waals surface area contributed by atoms with Gasteiger partial charge in [-0.25, -0.2) is 13.4 Å². The quantitative estimate of drug-likeness (QED) is 0.332. The lowest BCUT2D eigenvalue weighted by molar-refractivity contribution is 0.101. The van der Waals surface area contributed by atoms with Crippen molar-refractivity contribution in [2.45, 2.75) is 19.9 Å². The van der Waals surface area contributed by atoms with Crippen LogP contribution in [0.4, 0.5) is 5.13 Å². The highest BCUT2D eigenvalue weighted by molar-refractivity contribution is 7.91. The Morgan fingerprint density at radius 1 is 1.09 bits per heavy atom. The third-order valence-corrected chi connectivity index (χ3v) is 6.96. The van der Waals surface area contributed by atoms with E-state index in [2.05, 4.69) is 22.0 Å². The molecule has 0 bridgehead atoms. The number of hydrogen-bond acceptors (Lipinski definition) is 7. The molecule has 0 amide bonds. The molecule has 0 saturated heterocycles. The summed E-state index contributed by atoms with van der Waals surface area (Å²) in [5.74, 6) is -0.996. The van der Waals surface area contributed by atoms with Gasteiger partial charge in [0, 0.05) is 29.6 Å². The van der Waals surface area contributed by atoms with Crippen molar-refractivity contribution in [3.05, 3.63) is 82.6 Å². The fourth-order valence-electron chi connectivity index (χ4n) is 3.61. The Morgan fingerprint density at radius 2 is 1.81 bits per heavy atom. The number of aromatic nitrogens is 1. The van der Waals surface area contributed by atoms with E-state index in [0.29, 0.717) is 18.2 Å². The fourth-order valence-corrected chi connectivity index (χ4v) is 5.18. The first kappa shape index (κ1) is 22.2. The largest absolute Gasteiger partial charge is 0.464 e. The second-order valence-electron chi connectivity index (χ2n) is 7.81. The van der Waals surface area contributed by atoms with Gasteiger partial charge < -0.3 is 9.32 Å². The molecule has 4 rings (SSSR count). The number of thiazole rings is 1. The Morgan fingerprint density at radius 3 is 2.56 bits per heavy atom. The zero-order valence-corrected chi connectivity index (χ0v) is 19.6. The van der Waals surface area contributed by atoms with E-state index in [4.69, 9.17) is 4.42 Å². The third kappa shape index (κ3) is 5.26. The van der Waals surface area contributed by atoms with Crippen molar-refractivity contribution in [2.24, 2.45) is 0 Å². The van der Waals surface area contributed by atoms with Crippen molar-refractivity contribution in [2.75, 3.05) is 23.5 Å². The minimum atomic E-state index is -3.42. The summed E-state index contributed by atoms with van der Waals surface area (Å²) < 4.78 is 28.8. The van der Waals surface area contributed by atoms with E-state index in [1.165, 1.54) is 11.3 Å². The van der Waals surface area contributed by atoms with E-state index < -0.39 is 21.4 Å². The molecule has 2 aromatic heterocycles. The normalized spacial score (nSPS) is 11.7. The molecule has 0 saturated carbocycles. The first-order chi connectivity index (χ1) is 15.3. The maximum atomic E-state index is 12.5. The molecule has 8 heteroatoms. The summed E-state index contributed by atoms with van der Waals surface area (Å²) in [6.07, 6.45) is 3.60. The number of anilines is 1. The average Bonchev–Trinajstić information content (AvgIpc) is 3.34. The molecule has 0 spiro atoms. The van der Waals surface area contributed by atoms with Crippen LogP contribution < -0.4 is 4.90 Å². The van der Waals surface area contributed by atoms with Crippen molar-refractivity contribution < 1.29 is 17.6 Å². The average molecular weight is 469 g/mol. The summed E-state index contributed by atoms with van der Waals surface area (Å²) in [6, 6.07) is 18.0. The zero-order chi connectivity index (χ0) is 22.7. The summed E-state index contributed by atoms with van der Waals surface area (Å²) in [7, 11) is -3.42. The fraction of sp³-hybridized carbons (Fsp3) is 0.250. The molecule has 0 N–H and O–H groups in total. The molecule has 166 valence electrons. The Balaban J connectivity index is 1.61. The van der Waals surface area contributed by atoms with Crippen LogP contribution in [0.1, 0.15) is 26.5 Å². The van der Waals surface area contributed by atoms with E-state index in [9.17, 15) is 13.2 Å². The lowest BCUT2D eigenvalue weighted by atomic mass is 10.1. The number of carbonyl (C=O) groups is 1. The number of nitrogens with zero attached hydrogens (tertiary/aromatic N) is 2. The van der Waals surface area contributed by atoms with Gasteiger partial charge >= 0.3 is 0 Å². The summed E-state index contributed by atoms with van der Waals surface area (Å²) >= 11 is 1.41. The number of Topliss-reactive ketones (excluding diaryl/α,β-unsaturated/α-hetero) is 1. The predicted molar refractivity (Wildman–Crippen MR) is 128 cm³/mol. The second kappa shape index (κ2) is 9.26. The van der Waals surface area contributed by atoms with Crippen LogP contribution in [0, 0.1) is 6.92 Å². The van der Waals surface area contributed by atoms with Crippen molar-refractivity contribution in [3.63, 3.8) is 0 Å². The van der Waals surface area contributed by atoms with Gasteiger partial charge in [0.1, 0.15) is 17.0 Å². The lowest BCUT2D eigenvalue weighted by Gasteiger charge is -2.22. The maximum Gasteiger partial charge on any atom is 0.197 e. The molecule has 32 heavy (non-hydrogen) atoms. The Kier molecular flexibility index (Phi) is 6.43. The summed E-state index contributed by atoms with van der Waals surface area (Å²) in [4.78, 5) is 19.9. The molecule has 0 aliphatic rings. The number of ketones is 1. The molecule has 0 aliphatic carbocycles. The topological polar surface area (TPSA) is 80.5 Å². The van der Waals surface area contributed by atoms with Gasteiger partial charge in [-0.3, -0.25) is 4.79 Å². The molecule has 2 aromatic carbocycles. The Hall–Kier alpha value is -2.97. The number of benzene rings is 2. The number of fused-ring (bicyclic) bond motifs is 1. The molecule has 6 nitrogen and oxygen atoms in total. The lowest BCUT2D eigenvalue weighted by Crippen LogP contribution is -2.25. The van der Waals surface area contributed by atoms with Gasteiger partial charge in [0.15, 0.2) is 20.8 Å². The number of rotatable bonds is 9. The molecular weight excluding hydrogens is 444 g/mol. The van der Waals surface area contributed by atoms with Crippen LogP contribution in [-0.4, -0.2) is 37.7 Å². The molecule has 4 aromatic rings. The smallest absolute Gasteiger partial charge is 0.197 e. The van der Waals surface area contributed by atoms with Crippen LogP contribution in [0.25, 0.3) is 11.0 Å². The highest BCUT2D eigenvalue weighted by Gasteiger charge is 2.22. The van der Waals surface area contributed by atoms with Crippen molar-refractivity contribution >= 4 is 43.1 Å². The van der Waals surface area contributed by atoms with Gasteiger partial charge in [0.25, 0.3) is 0 Å². The van der Waals surface area contributed by atoms with E-state index in [-0.39, 0.29) is 5.69 Å². The second-order valence-corrected chi connectivity index (χ2v) is 11.1. The van der Waals surface area contributed by atoms with Crippen LogP contribution >= 0.6 is 11.3 Å². The Bertz CT molecular complexity index is 1340. The monoisotopic (exact) mass is 468 g/mol. The number of furan rings is 1. The Labute approximate surface area is 191 Å². The van der Waals surface area contributed by atoms with Gasteiger partial charge in [-0.1, -0.05) is 48.5 Å². The number of sulfone groups is 1. The van der Waals surface area contributed by atoms with Crippen LogP contribution in [0.5, 0.6) is 0 Å². The van der Waals surface area contributed by atoms with Gasteiger partial charge in [-0.05, 0) is 30.5 Å². The van der Waals surface area contributed by atoms with E-state index in [0.717, 1.165) is 39.6 Å². The predicted octanol–water partition coefficient (Wildman–Crippen LogP) is 4.67. The van der Waals surface area contributed by atoms with Crippen LogP contribution in [0.2, 0.25) is 0 Å². The van der Waals surface area contributed by atoms with E-state index >= 15 is 0 Å². The summed E-state index contributed by atoms with van der Waals surface area (Å²) in [5.41, 5.74) is 3.33. The number of hydrogen-bond donors (Lipinski definition) is 0. The van der Waals surface area contributed by atoms with Crippen LogP contribution in [0.3, 0.4) is 0 Å². The molecular formula is C24H24N2O4S2. The van der Waals surface area contributed by atoms with Crippen LogP contribution in [0.15, 0.2) is 65.3 Å². The number of carbonyl (C=O) groups excluding carboxylic acids is 1. The van der Waals surface area contributed by atoms with Gasteiger partial charge in [0.05, 0.1) is 6.26 Å². The molecule has 0 atom stereocenters. The van der Waals surface area contributed by atoms with Gasteiger partial charge in [-0.15, -0.1) is 11.3 Å².